The standard InChI is InChI=1S/C13H12ClNS/c14-12-8-11(6-7-13(12)15)16-9-10-4-2-1-3-5-10/h1-8H,9,15H2. The van der Waals surface area contributed by atoms with Crippen LogP contribution in [0.2, 0.25) is 5.02 Å². The number of benzene rings is 2. The smallest absolute Gasteiger partial charge is 0.0646 e. The van der Waals surface area contributed by atoms with Crippen molar-refractivity contribution in [2.24, 2.45) is 0 Å². The summed E-state index contributed by atoms with van der Waals surface area (Å²) in [6.45, 7) is 0. The monoisotopic (exact) mass is 249 g/mol. The van der Waals surface area contributed by atoms with E-state index < -0.39 is 0 Å². The molecule has 0 aliphatic heterocycles. The summed E-state index contributed by atoms with van der Waals surface area (Å²) < 4.78 is 0. The van der Waals surface area contributed by atoms with Gasteiger partial charge >= 0.3 is 0 Å². The number of nitrogens with two attached hydrogens (primary N) is 1. The van der Waals surface area contributed by atoms with Crippen LogP contribution in [-0.4, -0.2) is 0 Å². The molecular weight excluding hydrogens is 238 g/mol. The molecule has 0 saturated carbocycles. The van der Waals surface area contributed by atoms with E-state index in [4.69, 9.17) is 17.3 Å². The number of rotatable bonds is 3. The van der Waals surface area contributed by atoms with Gasteiger partial charge in [-0.3, -0.25) is 0 Å². The van der Waals surface area contributed by atoms with Crippen molar-refractivity contribution in [2.75, 3.05) is 5.73 Å². The Hall–Kier alpha value is -1.12. The number of hydrogen-bond acceptors (Lipinski definition) is 2. The summed E-state index contributed by atoms with van der Waals surface area (Å²) in [7, 11) is 0. The van der Waals surface area contributed by atoms with Crippen molar-refractivity contribution >= 4 is 29.1 Å². The van der Waals surface area contributed by atoms with Gasteiger partial charge in [-0.05, 0) is 23.8 Å². The lowest BCUT2D eigenvalue weighted by Crippen LogP contribution is -1.86. The molecule has 0 atom stereocenters. The highest BCUT2D eigenvalue weighted by atomic mass is 35.5. The van der Waals surface area contributed by atoms with Crippen LogP contribution >= 0.6 is 23.4 Å². The van der Waals surface area contributed by atoms with E-state index in [2.05, 4.69) is 12.1 Å². The molecule has 0 aliphatic carbocycles. The normalized spacial score (nSPS) is 10.3. The number of nitrogen functional groups attached to an aromatic ring is 1. The zero-order valence-electron chi connectivity index (χ0n) is 8.69. The molecule has 2 rings (SSSR count). The summed E-state index contributed by atoms with van der Waals surface area (Å²) in [5.41, 5.74) is 7.59. The number of hydrogen-bond donors (Lipinski definition) is 1. The van der Waals surface area contributed by atoms with Crippen LogP contribution in [0, 0.1) is 0 Å². The summed E-state index contributed by atoms with van der Waals surface area (Å²) in [5, 5.41) is 0.623. The molecule has 0 saturated heterocycles. The molecule has 1 nitrogen and oxygen atoms in total. The minimum atomic E-state index is 0.623. The molecule has 0 fully saturated rings. The first-order valence-corrected chi connectivity index (χ1v) is 6.34. The number of thioether (sulfide) groups is 1. The SMILES string of the molecule is Nc1ccc(SCc2ccccc2)cc1Cl. The van der Waals surface area contributed by atoms with E-state index in [9.17, 15) is 0 Å². The largest absolute Gasteiger partial charge is 0.398 e. The Kier molecular flexibility index (Phi) is 3.75. The fraction of sp³-hybridized carbons (Fsp3) is 0.0769. The first-order valence-electron chi connectivity index (χ1n) is 4.97. The van der Waals surface area contributed by atoms with E-state index in [1.54, 1.807) is 11.8 Å². The predicted molar refractivity (Wildman–Crippen MR) is 71.9 cm³/mol. The minimum absolute atomic E-state index is 0.623. The van der Waals surface area contributed by atoms with Gasteiger partial charge in [0.1, 0.15) is 0 Å². The van der Waals surface area contributed by atoms with Gasteiger partial charge in [0.05, 0.1) is 10.7 Å². The van der Waals surface area contributed by atoms with E-state index in [1.165, 1.54) is 5.56 Å². The molecule has 0 aliphatic rings. The second kappa shape index (κ2) is 5.28. The van der Waals surface area contributed by atoms with E-state index in [0.29, 0.717) is 10.7 Å². The zero-order valence-corrected chi connectivity index (χ0v) is 10.3. The maximum atomic E-state index is 5.96. The van der Waals surface area contributed by atoms with Gasteiger partial charge in [-0.25, -0.2) is 0 Å². The molecule has 0 unspecified atom stereocenters. The molecule has 2 N–H and O–H groups in total. The average Bonchev–Trinajstić information content (AvgIpc) is 2.32. The molecule has 0 spiro atoms. The summed E-state index contributed by atoms with van der Waals surface area (Å²) >= 11 is 7.71. The lowest BCUT2D eigenvalue weighted by Gasteiger charge is -2.04. The van der Waals surface area contributed by atoms with Gasteiger partial charge < -0.3 is 5.73 Å². The van der Waals surface area contributed by atoms with Crippen molar-refractivity contribution in [3.63, 3.8) is 0 Å². The van der Waals surface area contributed by atoms with Gasteiger partial charge in [-0.1, -0.05) is 41.9 Å². The van der Waals surface area contributed by atoms with Crippen molar-refractivity contribution < 1.29 is 0 Å². The highest BCUT2D eigenvalue weighted by molar-refractivity contribution is 7.98. The van der Waals surface area contributed by atoms with Crippen LogP contribution in [-0.2, 0) is 5.75 Å². The minimum Gasteiger partial charge on any atom is -0.398 e. The van der Waals surface area contributed by atoms with Crippen LogP contribution in [0.3, 0.4) is 0 Å². The lowest BCUT2D eigenvalue weighted by atomic mass is 10.2. The molecule has 3 heteroatoms. The third kappa shape index (κ3) is 2.94. The second-order valence-electron chi connectivity index (χ2n) is 3.46. The molecule has 0 amide bonds. The van der Waals surface area contributed by atoms with Crippen molar-refractivity contribution in [3.8, 4) is 0 Å². The Bertz CT molecular complexity index is 471. The van der Waals surface area contributed by atoms with Crippen molar-refractivity contribution in [1.82, 2.24) is 0 Å². The Balaban J connectivity index is 2.03. The molecule has 2 aromatic carbocycles. The maximum absolute atomic E-state index is 5.96. The summed E-state index contributed by atoms with van der Waals surface area (Å²) in [6.07, 6.45) is 0. The topological polar surface area (TPSA) is 26.0 Å². The summed E-state index contributed by atoms with van der Waals surface area (Å²) in [4.78, 5) is 1.14. The first-order chi connectivity index (χ1) is 7.75. The van der Waals surface area contributed by atoms with Gasteiger partial charge in [0.2, 0.25) is 0 Å². The van der Waals surface area contributed by atoms with Crippen molar-refractivity contribution in [2.45, 2.75) is 10.6 Å². The highest BCUT2D eigenvalue weighted by Crippen LogP contribution is 2.28. The van der Waals surface area contributed by atoms with Gasteiger partial charge in [0.25, 0.3) is 0 Å². The van der Waals surface area contributed by atoms with E-state index in [1.807, 2.05) is 36.4 Å². The van der Waals surface area contributed by atoms with Crippen LogP contribution in [0.15, 0.2) is 53.4 Å². The summed E-state index contributed by atoms with van der Waals surface area (Å²) in [5.74, 6) is 0.946. The Labute approximate surface area is 105 Å². The fourth-order valence-electron chi connectivity index (χ4n) is 1.34. The molecule has 82 valence electrons. The Morgan fingerprint density at radius 3 is 2.50 bits per heavy atom. The van der Waals surface area contributed by atoms with E-state index >= 15 is 0 Å². The average molecular weight is 250 g/mol. The van der Waals surface area contributed by atoms with Crippen LogP contribution in [0.25, 0.3) is 0 Å². The third-order valence-corrected chi connectivity index (χ3v) is 3.61. The quantitative estimate of drug-likeness (QED) is 0.651. The molecular formula is C13H12ClNS. The highest BCUT2D eigenvalue weighted by Gasteiger charge is 1.99. The van der Waals surface area contributed by atoms with Gasteiger partial charge in [-0.2, -0.15) is 0 Å². The van der Waals surface area contributed by atoms with Gasteiger partial charge in [-0.15, -0.1) is 11.8 Å². The molecule has 16 heavy (non-hydrogen) atoms. The number of anilines is 1. The fourth-order valence-corrected chi connectivity index (χ4v) is 2.48. The van der Waals surface area contributed by atoms with Crippen LogP contribution in [0.1, 0.15) is 5.56 Å². The van der Waals surface area contributed by atoms with Crippen molar-refractivity contribution in [3.05, 3.63) is 59.1 Å². The molecule has 2 aromatic rings. The zero-order chi connectivity index (χ0) is 11.4. The second-order valence-corrected chi connectivity index (χ2v) is 4.91. The predicted octanol–water partition coefficient (Wildman–Crippen LogP) is 4.21. The molecule has 0 aromatic heterocycles. The van der Waals surface area contributed by atoms with Gasteiger partial charge in [0.15, 0.2) is 0 Å². The van der Waals surface area contributed by atoms with E-state index in [-0.39, 0.29) is 0 Å². The Morgan fingerprint density at radius 1 is 1.06 bits per heavy atom. The lowest BCUT2D eigenvalue weighted by molar-refractivity contribution is 1.38. The van der Waals surface area contributed by atoms with E-state index in [0.717, 1.165) is 10.6 Å². The maximum Gasteiger partial charge on any atom is 0.0646 e. The molecule has 0 bridgehead atoms. The molecule has 0 heterocycles. The van der Waals surface area contributed by atoms with Gasteiger partial charge in [0, 0.05) is 10.6 Å². The van der Waals surface area contributed by atoms with Crippen molar-refractivity contribution in [1.29, 1.82) is 0 Å². The Morgan fingerprint density at radius 2 is 1.81 bits per heavy atom. The first kappa shape index (κ1) is 11.4. The van der Waals surface area contributed by atoms with Crippen LogP contribution < -0.4 is 5.73 Å². The molecule has 0 radical (unpaired) electrons. The van der Waals surface area contributed by atoms with Crippen LogP contribution in [0.5, 0.6) is 0 Å². The summed E-state index contributed by atoms with van der Waals surface area (Å²) in [6, 6.07) is 16.1. The third-order valence-electron chi connectivity index (χ3n) is 2.22. The van der Waals surface area contributed by atoms with Crippen LogP contribution in [0.4, 0.5) is 5.69 Å². The number of halogens is 1.